The number of hydrogen-bond acceptors (Lipinski definition) is 5. The van der Waals surface area contributed by atoms with Crippen molar-refractivity contribution >= 4 is 11.8 Å². The first-order valence-corrected chi connectivity index (χ1v) is 10.2. The zero-order valence-electron chi connectivity index (χ0n) is 17.4. The van der Waals surface area contributed by atoms with Crippen LogP contribution in [0.5, 0.6) is 0 Å². The summed E-state index contributed by atoms with van der Waals surface area (Å²) >= 11 is 0. The van der Waals surface area contributed by atoms with Crippen LogP contribution in [0, 0.1) is 29.5 Å². The number of aryl methyl sites for hydroxylation is 1. The first-order chi connectivity index (χ1) is 16.0. The molecule has 1 aliphatic rings. The van der Waals surface area contributed by atoms with E-state index in [2.05, 4.69) is 32.6 Å². The highest BCUT2D eigenvalue weighted by Gasteiger charge is 2.25. The Balaban J connectivity index is 1.42. The molecule has 4 rings (SSSR count). The molecule has 0 saturated heterocycles. The average Bonchev–Trinajstić information content (AvgIpc) is 3.25. The molecule has 1 aromatic heterocycles. The third-order valence-corrected chi connectivity index (χ3v) is 5.43. The maximum atomic E-state index is 13.5. The molecule has 162 valence electrons. The van der Waals surface area contributed by atoms with E-state index in [1.807, 2.05) is 12.1 Å². The van der Waals surface area contributed by atoms with E-state index >= 15 is 0 Å². The molecule has 0 spiro atoms. The Morgan fingerprint density at radius 2 is 1.91 bits per heavy atom. The lowest BCUT2D eigenvalue weighted by Gasteiger charge is -2.14. The van der Waals surface area contributed by atoms with Crippen LogP contribution >= 0.6 is 0 Å². The van der Waals surface area contributed by atoms with Crippen molar-refractivity contribution in [2.75, 3.05) is 0 Å². The second kappa shape index (κ2) is 9.29. The monoisotopic (exact) mass is 439 g/mol. The summed E-state index contributed by atoms with van der Waals surface area (Å²) in [5.41, 5.74) is 3.43. The van der Waals surface area contributed by atoms with Crippen LogP contribution in [-0.2, 0) is 13.0 Å². The fourth-order valence-electron chi connectivity index (χ4n) is 3.74. The Bertz CT molecular complexity index is 1340. The van der Waals surface area contributed by atoms with E-state index in [1.54, 1.807) is 6.07 Å². The largest absolute Gasteiger partial charge is 0.347 e. The zero-order chi connectivity index (χ0) is 23.4. The van der Waals surface area contributed by atoms with Crippen LogP contribution < -0.4 is 10.6 Å². The van der Waals surface area contributed by atoms with Crippen molar-refractivity contribution in [3.05, 3.63) is 93.8 Å². The van der Waals surface area contributed by atoms with Gasteiger partial charge in [-0.3, -0.25) is 9.59 Å². The maximum Gasteiger partial charge on any atom is 0.270 e. The Morgan fingerprint density at radius 3 is 2.67 bits per heavy atom. The van der Waals surface area contributed by atoms with Crippen molar-refractivity contribution in [2.45, 2.75) is 25.4 Å². The van der Waals surface area contributed by atoms with Gasteiger partial charge in [0.25, 0.3) is 11.8 Å². The molecule has 2 amide bonds. The number of nitrogens with zero attached hydrogens (tertiary/aromatic N) is 3. The fourth-order valence-corrected chi connectivity index (χ4v) is 3.74. The minimum Gasteiger partial charge on any atom is -0.347 e. The third kappa shape index (κ3) is 4.70. The number of carbonyl (C=O) groups is 2. The summed E-state index contributed by atoms with van der Waals surface area (Å²) in [6.45, 7) is 0.114. The first kappa shape index (κ1) is 21.7. The van der Waals surface area contributed by atoms with Gasteiger partial charge in [-0.1, -0.05) is 18.1 Å². The molecule has 0 fully saturated rings. The number of benzene rings is 2. The van der Waals surface area contributed by atoms with Crippen molar-refractivity contribution in [2.24, 2.45) is 0 Å². The molecule has 8 heteroatoms. The predicted octanol–water partition coefficient (Wildman–Crippen LogP) is 2.82. The SMILES string of the molecule is C#Cc1cc(CNC(=O)c2cc(C(=O)N[C@@H]3CCc4cc(C#N)ccc43)ncn2)ccc1F. The lowest BCUT2D eigenvalue weighted by molar-refractivity contribution is 0.0931. The summed E-state index contributed by atoms with van der Waals surface area (Å²) in [7, 11) is 0. The molecular weight excluding hydrogens is 421 g/mol. The molecule has 33 heavy (non-hydrogen) atoms. The lowest BCUT2D eigenvalue weighted by Crippen LogP contribution is -2.29. The highest BCUT2D eigenvalue weighted by Crippen LogP contribution is 2.31. The second-order valence-electron chi connectivity index (χ2n) is 7.52. The van der Waals surface area contributed by atoms with Crippen molar-refractivity contribution in [1.29, 1.82) is 5.26 Å². The molecular formula is C25H18FN5O2. The van der Waals surface area contributed by atoms with E-state index in [0.29, 0.717) is 17.5 Å². The van der Waals surface area contributed by atoms with E-state index in [-0.39, 0.29) is 29.5 Å². The van der Waals surface area contributed by atoms with Crippen molar-refractivity contribution < 1.29 is 14.0 Å². The van der Waals surface area contributed by atoms with Gasteiger partial charge in [0.1, 0.15) is 23.5 Å². The minimum absolute atomic E-state index is 0.0277. The lowest BCUT2D eigenvalue weighted by atomic mass is 10.1. The van der Waals surface area contributed by atoms with Gasteiger partial charge in [-0.15, -0.1) is 6.42 Å². The van der Waals surface area contributed by atoms with Gasteiger partial charge in [-0.05, 0) is 53.8 Å². The molecule has 0 bridgehead atoms. The second-order valence-corrected chi connectivity index (χ2v) is 7.52. The van der Waals surface area contributed by atoms with Gasteiger partial charge in [-0.25, -0.2) is 14.4 Å². The summed E-state index contributed by atoms with van der Waals surface area (Å²) in [5.74, 6) is 0.813. The number of rotatable bonds is 5. The van der Waals surface area contributed by atoms with Gasteiger partial charge in [0, 0.05) is 12.6 Å². The van der Waals surface area contributed by atoms with Crippen LogP contribution in [0.1, 0.15) is 61.3 Å². The average molecular weight is 439 g/mol. The zero-order valence-corrected chi connectivity index (χ0v) is 17.4. The molecule has 0 aliphatic heterocycles. The van der Waals surface area contributed by atoms with Gasteiger partial charge in [0.05, 0.1) is 23.2 Å². The van der Waals surface area contributed by atoms with E-state index < -0.39 is 17.6 Å². The number of aromatic nitrogens is 2. The van der Waals surface area contributed by atoms with Crippen LogP contribution in [0.25, 0.3) is 0 Å². The number of hydrogen-bond donors (Lipinski definition) is 2. The molecule has 2 aromatic carbocycles. The summed E-state index contributed by atoms with van der Waals surface area (Å²) in [6.07, 6.45) is 7.89. The molecule has 0 radical (unpaired) electrons. The van der Waals surface area contributed by atoms with Gasteiger partial charge in [0.15, 0.2) is 0 Å². The number of amides is 2. The van der Waals surface area contributed by atoms with Crippen LogP contribution in [0.15, 0.2) is 48.8 Å². The van der Waals surface area contributed by atoms with Gasteiger partial charge in [0.2, 0.25) is 0 Å². The highest BCUT2D eigenvalue weighted by molar-refractivity contribution is 5.97. The van der Waals surface area contributed by atoms with Crippen molar-refractivity contribution in [3.63, 3.8) is 0 Å². The maximum absolute atomic E-state index is 13.5. The Hall–Kier alpha value is -4.56. The number of nitrogens with one attached hydrogen (secondary N) is 2. The van der Waals surface area contributed by atoms with Crippen molar-refractivity contribution in [1.82, 2.24) is 20.6 Å². The Morgan fingerprint density at radius 1 is 1.12 bits per heavy atom. The standard InChI is InChI=1S/C25H18FN5O2/c1-2-17-10-16(4-7-20(17)26)13-28-24(32)22-11-23(30-14-29-22)25(33)31-21-8-5-18-9-15(12-27)3-6-19(18)21/h1,3-4,6-7,9-11,14,21H,5,8,13H2,(H,28,32)(H,31,33)/t21-/m1/s1. The normalized spacial score (nSPS) is 14.0. The number of nitriles is 1. The van der Waals surface area contributed by atoms with E-state index in [9.17, 15) is 14.0 Å². The predicted molar refractivity (Wildman–Crippen MR) is 117 cm³/mol. The molecule has 0 saturated carbocycles. The summed E-state index contributed by atoms with van der Waals surface area (Å²) in [5, 5.41) is 14.7. The molecule has 7 nitrogen and oxygen atoms in total. The molecule has 1 heterocycles. The topological polar surface area (TPSA) is 108 Å². The van der Waals surface area contributed by atoms with Crippen LogP contribution in [0.4, 0.5) is 4.39 Å². The first-order valence-electron chi connectivity index (χ1n) is 10.2. The molecule has 1 atom stereocenters. The van der Waals surface area contributed by atoms with Crippen LogP contribution in [0.2, 0.25) is 0 Å². The van der Waals surface area contributed by atoms with E-state index in [4.69, 9.17) is 11.7 Å². The Labute approximate surface area is 189 Å². The van der Waals surface area contributed by atoms with Gasteiger partial charge in [-0.2, -0.15) is 5.26 Å². The summed E-state index contributed by atoms with van der Waals surface area (Å²) in [6, 6.07) is 12.9. The third-order valence-electron chi connectivity index (χ3n) is 5.43. The molecule has 3 aromatic rings. The highest BCUT2D eigenvalue weighted by atomic mass is 19.1. The van der Waals surface area contributed by atoms with Gasteiger partial charge < -0.3 is 10.6 Å². The summed E-state index contributed by atoms with van der Waals surface area (Å²) < 4.78 is 13.5. The smallest absolute Gasteiger partial charge is 0.270 e. The molecule has 1 aliphatic carbocycles. The molecule has 2 N–H and O–H groups in total. The quantitative estimate of drug-likeness (QED) is 0.595. The fraction of sp³-hybridized carbons (Fsp3) is 0.160. The summed E-state index contributed by atoms with van der Waals surface area (Å²) in [4.78, 5) is 33.2. The number of terminal acetylenes is 1. The number of fused-ring (bicyclic) bond motifs is 1. The number of carbonyl (C=O) groups excluding carboxylic acids is 2. The van der Waals surface area contributed by atoms with Crippen LogP contribution in [-0.4, -0.2) is 21.8 Å². The Kier molecular flexibility index (Phi) is 6.10. The minimum atomic E-state index is -0.506. The van der Waals surface area contributed by atoms with Crippen LogP contribution in [0.3, 0.4) is 0 Å². The van der Waals surface area contributed by atoms with E-state index in [0.717, 1.165) is 23.9 Å². The van der Waals surface area contributed by atoms with Crippen molar-refractivity contribution in [3.8, 4) is 18.4 Å². The molecule has 0 unspecified atom stereocenters. The van der Waals surface area contributed by atoms with Gasteiger partial charge >= 0.3 is 0 Å². The van der Waals surface area contributed by atoms with E-state index in [1.165, 1.54) is 24.3 Å². The number of halogens is 1.